The molecule has 0 aromatic heterocycles. The number of aliphatic hydroxyl groups is 1. The number of rotatable bonds is 3. The Balaban J connectivity index is 1.92. The Labute approximate surface area is 134 Å². The Kier molecular flexibility index (Phi) is 4.12. The van der Waals surface area contributed by atoms with Gasteiger partial charge < -0.3 is 9.84 Å². The second kappa shape index (κ2) is 5.88. The van der Waals surface area contributed by atoms with Crippen LogP contribution in [-0.2, 0) is 12.8 Å². The number of benzene rings is 2. The van der Waals surface area contributed by atoms with E-state index in [-0.39, 0.29) is 0 Å². The molecule has 0 saturated carbocycles. The van der Waals surface area contributed by atoms with Gasteiger partial charge in [0.2, 0.25) is 0 Å². The van der Waals surface area contributed by atoms with Gasteiger partial charge in [0, 0.05) is 22.9 Å². The van der Waals surface area contributed by atoms with Gasteiger partial charge in [-0.05, 0) is 47.4 Å². The second-order valence-electron chi connectivity index (χ2n) is 5.33. The van der Waals surface area contributed by atoms with Crippen LogP contribution in [0.4, 0.5) is 0 Å². The maximum Gasteiger partial charge on any atom is 0.126 e. The minimum Gasteiger partial charge on any atom is -0.493 e. The van der Waals surface area contributed by atoms with Crippen molar-refractivity contribution < 1.29 is 9.84 Å². The molecule has 1 atom stereocenters. The molecule has 1 aliphatic rings. The van der Waals surface area contributed by atoms with E-state index >= 15 is 0 Å². The zero-order chi connectivity index (χ0) is 15.0. The topological polar surface area (TPSA) is 29.5 Å². The van der Waals surface area contributed by atoms with E-state index in [9.17, 15) is 5.11 Å². The van der Waals surface area contributed by atoms with Crippen molar-refractivity contribution in [3.8, 4) is 5.75 Å². The van der Waals surface area contributed by atoms with E-state index in [4.69, 9.17) is 27.9 Å². The second-order valence-corrected chi connectivity index (χ2v) is 6.17. The molecule has 21 heavy (non-hydrogen) atoms. The van der Waals surface area contributed by atoms with Crippen molar-refractivity contribution in [2.75, 3.05) is 6.61 Å². The largest absolute Gasteiger partial charge is 0.493 e. The lowest BCUT2D eigenvalue weighted by molar-refractivity contribution is 0.176. The van der Waals surface area contributed by atoms with Gasteiger partial charge in [-0.2, -0.15) is 0 Å². The lowest BCUT2D eigenvalue weighted by atomic mass is 9.96. The molecule has 3 rings (SSSR count). The molecule has 0 amide bonds. The van der Waals surface area contributed by atoms with Gasteiger partial charge in [-0.1, -0.05) is 35.3 Å². The molecule has 4 heteroatoms. The zero-order valence-corrected chi connectivity index (χ0v) is 13.2. The normalized spacial score (nSPS) is 14.7. The van der Waals surface area contributed by atoms with Gasteiger partial charge in [-0.3, -0.25) is 0 Å². The van der Waals surface area contributed by atoms with Crippen molar-refractivity contribution >= 4 is 23.2 Å². The molecule has 0 fully saturated rings. The number of halogens is 2. The number of hydrogen-bond acceptors (Lipinski definition) is 2. The van der Waals surface area contributed by atoms with Crippen LogP contribution in [0.3, 0.4) is 0 Å². The molecule has 2 nitrogen and oxygen atoms in total. The van der Waals surface area contributed by atoms with Crippen molar-refractivity contribution in [2.45, 2.75) is 25.9 Å². The summed E-state index contributed by atoms with van der Waals surface area (Å²) in [6, 6.07) is 9.39. The fourth-order valence-electron chi connectivity index (χ4n) is 2.80. The molecule has 1 aliphatic heterocycles. The molecule has 2 aromatic rings. The highest BCUT2D eigenvalue weighted by atomic mass is 35.5. The van der Waals surface area contributed by atoms with E-state index in [0.717, 1.165) is 34.4 Å². The van der Waals surface area contributed by atoms with E-state index in [2.05, 4.69) is 0 Å². The van der Waals surface area contributed by atoms with Crippen molar-refractivity contribution in [1.82, 2.24) is 0 Å². The number of fused-ring (bicyclic) bond motifs is 1. The molecular weight excluding hydrogens is 307 g/mol. The lowest BCUT2D eigenvalue weighted by Crippen LogP contribution is -2.05. The van der Waals surface area contributed by atoms with Crippen molar-refractivity contribution in [3.63, 3.8) is 0 Å². The van der Waals surface area contributed by atoms with Crippen LogP contribution < -0.4 is 4.74 Å². The molecule has 110 valence electrons. The van der Waals surface area contributed by atoms with Crippen molar-refractivity contribution in [2.24, 2.45) is 0 Å². The summed E-state index contributed by atoms with van der Waals surface area (Å²) in [5.74, 6) is 0.873. The average Bonchev–Trinajstić information content (AvgIpc) is 2.90. The number of hydrogen-bond donors (Lipinski definition) is 1. The highest BCUT2D eigenvalue weighted by Crippen LogP contribution is 2.36. The summed E-state index contributed by atoms with van der Waals surface area (Å²) in [6.45, 7) is 2.59. The Morgan fingerprint density at radius 1 is 1.29 bits per heavy atom. The van der Waals surface area contributed by atoms with Gasteiger partial charge >= 0.3 is 0 Å². The van der Waals surface area contributed by atoms with Crippen LogP contribution in [0.2, 0.25) is 10.0 Å². The van der Waals surface area contributed by atoms with Gasteiger partial charge in [0.1, 0.15) is 5.75 Å². The number of ether oxygens (including phenoxy) is 1. The van der Waals surface area contributed by atoms with Crippen LogP contribution >= 0.6 is 23.2 Å². The summed E-state index contributed by atoms with van der Waals surface area (Å²) in [6.07, 6.45) is 0.703. The quantitative estimate of drug-likeness (QED) is 0.900. The van der Waals surface area contributed by atoms with E-state index in [1.165, 1.54) is 0 Å². The molecular formula is C17H16Cl2O2. The first kappa shape index (κ1) is 14.7. The molecule has 0 saturated heterocycles. The highest BCUT2D eigenvalue weighted by molar-refractivity contribution is 6.31. The fourth-order valence-corrected chi connectivity index (χ4v) is 3.25. The maximum absolute atomic E-state index is 10.5. The minimum absolute atomic E-state index is 0.462. The van der Waals surface area contributed by atoms with Crippen LogP contribution in [0.25, 0.3) is 0 Å². The first-order chi connectivity index (χ1) is 10.1. The summed E-state index contributed by atoms with van der Waals surface area (Å²) >= 11 is 12.3. The minimum atomic E-state index is -0.629. The van der Waals surface area contributed by atoms with Gasteiger partial charge in [0.05, 0.1) is 12.7 Å². The van der Waals surface area contributed by atoms with E-state index < -0.39 is 6.10 Å². The standard InChI is InChI=1S/C17H16Cl2O2/c1-10-14(3-2-4-15(10)19)16(20)9-12-8-13(18)7-11-5-6-21-17(11)12/h2-4,7-8,16,20H,5-6,9H2,1H3. The monoisotopic (exact) mass is 322 g/mol. The molecule has 0 aliphatic carbocycles. The Morgan fingerprint density at radius 3 is 2.90 bits per heavy atom. The van der Waals surface area contributed by atoms with Crippen molar-refractivity contribution in [3.05, 3.63) is 62.6 Å². The van der Waals surface area contributed by atoms with E-state index in [1.807, 2.05) is 37.3 Å². The third-order valence-electron chi connectivity index (χ3n) is 3.91. The smallest absolute Gasteiger partial charge is 0.126 e. The Hall–Kier alpha value is -1.22. The van der Waals surface area contributed by atoms with E-state index in [0.29, 0.717) is 23.1 Å². The number of aliphatic hydroxyl groups excluding tert-OH is 1. The van der Waals surface area contributed by atoms with Crippen LogP contribution in [0.15, 0.2) is 30.3 Å². The third-order valence-corrected chi connectivity index (χ3v) is 4.53. The Morgan fingerprint density at radius 2 is 2.10 bits per heavy atom. The van der Waals surface area contributed by atoms with Gasteiger partial charge in [-0.25, -0.2) is 0 Å². The molecule has 0 spiro atoms. The molecule has 1 unspecified atom stereocenters. The fraction of sp³-hybridized carbons (Fsp3) is 0.294. The summed E-state index contributed by atoms with van der Waals surface area (Å²) in [7, 11) is 0. The van der Waals surface area contributed by atoms with Crippen molar-refractivity contribution in [1.29, 1.82) is 0 Å². The first-order valence-corrected chi connectivity index (χ1v) is 7.69. The predicted octanol–water partition coefficient (Wildman–Crippen LogP) is 4.51. The maximum atomic E-state index is 10.5. The Bertz CT molecular complexity index is 683. The molecule has 0 radical (unpaired) electrons. The van der Waals surface area contributed by atoms with Gasteiger partial charge in [-0.15, -0.1) is 0 Å². The molecule has 1 N–H and O–H groups in total. The molecule has 2 aromatic carbocycles. The van der Waals surface area contributed by atoms with Crippen LogP contribution in [0.5, 0.6) is 5.75 Å². The summed E-state index contributed by atoms with van der Waals surface area (Å²) in [5.41, 5.74) is 3.81. The highest BCUT2D eigenvalue weighted by Gasteiger charge is 2.21. The average molecular weight is 323 g/mol. The first-order valence-electron chi connectivity index (χ1n) is 6.93. The van der Waals surface area contributed by atoms with Crippen LogP contribution in [0.1, 0.15) is 28.4 Å². The van der Waals surface area contributed by atoms with Gasteiger partial charge in [0.25, 0.3) is 0 Å². The van der Waals surface area contributed by atoms with Crippen LogP contribution in [-0.4, -0.2) is 11.7 Å². The van der Waals surface area contributed by atoms with Gasteiger partial charge in [0.15, 0.2) is 0 Å². The third kappa shape index (κ3) is 2.89. The summed E-state index contributed by atoms with van der Waals surface area (Å²) in [4.78, 5) is 0. The zero-order valence-electron chi connectivity index (χ0n) is 11.7. The molecule has 1 heterocycles. The summed E-state index contributed by atoms with van der Waals surface area (Å²) < 4.78 is 5.68. The van der Waals surface area contributed by atoms with E-state index in [1.54, 1.807) is 0 Å². The summed E-state index contributed by atoms with van der Waals surface area (Å²) in [5, 5.41) is 11.9. The predicted molar refractivity (Wildman–Crippen MR) is 85.5 cm³/mol. The lowest BCUT2D eigenvalue weighted by Gasteiger charge is -2.16. The van der Waals surface area contributed by atoms with Crippen LogP contribution in [0, 0.1) is 6.92 Å². The molecule has 0 bridgehead atoms. The SMILES string of the molecule is Cc1c(Cl)cccc1C(O)Cc1cc(Cl)cc2c1OCC2.